The lowest BCUT2D eigenvalue weighted by Crippen LogP contribution is -2.05. The topological polar surface area (TPSA) is 60.9 Å². The summed E-state index contributed by atoms with van der Waals surface area (Å²) in [6, 6.07) is 0. The van der Waals surface area contributed by atoms with Crippen LogP contribution in [-0.4, -0.2) is 16.2 Å². The van der Waals surface area contributed by atoms with E-state index in [2.05, 4.69) is 25.5 Å². The number of carbonyl (C=O) groups is 1. The van der Waals surface area contributed by atoms with Crippen molar-refractivity contribution in [3.63, 3.8) is 0 Å². The maximum Gasteiger partial charge on any atom is 0.235 e. The van der Waals surface area contributed by atoms with Crippen molar-refractivity contribution in [1.82, 2.24) is 9.78 Å². The number of fused-ring (bicyclic) bond motifs is 1. The van der Waals surface area contributed by atoms with Crippen LogP contribution in [0.2, 0.25) is 0 Å². The fourth-order valence-electron chi connectivity index (χ4n) is 1.65. The van der Waals surface area contributed by atoms with Crippen LogP contribution in [0.1, 0.15) is 65.6 Å². The molecule has 1 aromatic rings. The summed E-state index contributed by atoms with van der Waals surface area (Å²) in [5, 5.41) is 4.08. The second-order valence-corrected chi connectivity index (χ2v) is 3.99. The Morgan fingerprint density at radius 1 is 1.25 bits per heavy atom. The van der Waals surface area contributed by atoms with Crippen LogP contribution in [0, 0.1) is 0 Å². The largest absolute Gasteiger partial charge is 0.383 e. The maximum absolute atomic E-state index is 10.5. The number of rotatable bonds is 1. The maximum atomic E-state index is 10.5. The first-order valence-corrected chi connectivity index (χ1v) is 7.61. The molecule has 1 heterocycles. The molecule has 0 aliphatic heterocycles. The van der Waals surface area contributed by atoms with Gasteiger partial charge in [-0.2, -0.15) is 9.78 Å². The van der Waals surface area contributed by atoms with Gasteiger partial charge in [0.2, 0.25) is 6.41 Å². The number of aromatic nitrogens is 2. The van der Waals surface area contributed by atoms with Crippen molar-refractivity contribution in [2.45, 2.75) is 67.2 Å². The van der Waals surface area contributed by atoms with Gasteiger partial charge in [-0.3, -0.25) is 4.79 Å². The highest BCUT2D eigenvalue weighted by atomic mass is 16.1. The number of carbonyl (C=O) groups excluding carboxylic acids is 1. The molecule has 0 aromatic carbocycles. The SMILES string of the molecule is C=C1CCc2c(nn(C=O)c2N)C1.CC.CC.CCC. The first-order valence-electron chi connectivity index (χ1n) is 7.61. The van der Waals surface area contributed by atoms with Crippen LogP contribution in [0.5, 0.6) is 0 Å². The van der Waals surface area contributed by atoms with Crippen LogP contribution in [0.4, 0.5) is 5.82 Å². The number of allylic oxidation sites excluding steroid dienone is 1. The molecule has 1 aliphatic rings. The zero-order chi connectivity index (χ0) is 16.1. The highest BCUT2D eigenvalue weighted by Gasteiger charge is 2.19. The van der Waals surface area contributed by atoms with E-state index < -0.39 is 0 Å². The van der Waals surface area contributed by atoms with Gasteiger partial charge in [-0.15, -0.1) is 0 Å². The van der Waals surface area contributed by atoms with Gasteiger partial charge in [0.25, 0.3) is 0 Å². The van der Waals surface area contributed by atoms with E-state index in [1.165, 1.54) is 11.1 Å². The van der Waals surface area contributed by atoms with Crippen LogP contribution in [0.15, 0.2) is 12.2 Å². The van der Waals surface area contributed by atoms with Gasteiger partial charge < -0.3 is 5.73 Å². The highest BCUT2D eigenvalue weighted by Crippen LogP contribution is 2.26. The third-order valence-corrected chi connectivity index (χ3v) is 2.38. The second kappa shape index (κ2) is 12.5. The first kappa shape index (κ1) is 20.7. The number of hydrogen-bond donors (Lipinski definition) is 1. The monoisotopic (exact) mass is 281 g/mol. The van der Waals surface area contributed by atoms with E-state index in [9.17, 15) is 4.79 Å². The van der Waals surface area contributed by atoms with Crippen molar-refractivity contribution in [3.8, 4) is 0 Å². The summed E-state index contributed by atoms with van der Waals surface area (Å²) in [6.07, 6.45) is 4.44. The van der Waals surface area contributed by atoms with Gasteiger partial charge in [-0.1, -0.05) is 60.1 Å². The van der Waals surface area contributed by atoms with Gasteiger partial charge in [0, 0.05) is 12.0 Å². The van der Waals surface area contributed by atoms with Gasteiger partial charge in [0.15, 0.2) is 0 Å². The zero-order valence-corrected chi connectivity index (χ0v) is 14.0. The van der Waals surface area contributed by atoms with Crippen LogP contribution in [0.3, 0.4) is 0 Å². The smallest absolute Gasteiger partial charge is 0.235 e. The minimum absolute atomic E-state index is 0.484. The lowest BCUT2D eigenvalue weighted by atomic mass is 9.94. The molecule has 0 atom stereocenters. The molecule has 1 aromatic heterocycles. The minimum atomic E-state index is 0.484. The third-order valence-electron chi connectivity index (χ3n) is 2.38. The molecule has 4 heteroatoms. The standard InChI is InChI=1S/C9H11N3O.C3H8.2C2H6/c1-6-2-3-7-8(4-6)11-12(5-13)9(7)10;1-3-2;2*1-2/h5H,1-4,10H2;3H2,1-2H3;2*1-2H3. The molecule has 0 saturated heterocycles. The normalized spacial score (nSPS) is 11.6. The molecule has 0 fully saturated rings. The van der Waals surface area contributed by atoms with Crippen LogP contribution in [-0.2, 0) is 17.6 Å². The molecule has 116 valence electrons. The molecule has 0 bridgehead atoms. The number of nitrogens with zero attached hydrogens (tertiary/aromatic N) is 2. The summed E-state index contributed by atoms with van der Waals surface area (Å²) in [5.41, 5.74) is 8.79. The molecule has 1 aliphatic carbocycles. The van der Waals surface area contributed by atoms with Crippen molar-refractivity contribution < 1.29 is 4.79 Å². The van der Waals surface area contributed by atoms with Gasteiger partial charge >= 0.3 is 0 Å². The molecule has 0 spiro atoms. The van der Waals surface area contributed by atoms with Crippen LogP contribution >= 0.6 is 0 Å². The minimum Gasteiger partial charge on any atom is -0.383 e. The molecule has 2 rings (SSSR count). The second-order valence-electron chi connectivity index (χ2n) is 3.99. The Morgan fingerprint density at radius 3 is 2.20 bits per heavy atom. The summed E-state index contributed by atoms with van der Waals surface area (Å²) in [6.45, 7) is 16.1. The van der Waals surface area contributed by atoms with E-state index in [0.717, 1.165) is 36.1 Å². The Labute approximate surface area is 124 Å². The molecule has 20 heavy (non-hydrogen) atoms. The van der Waals surface area contributed by atoms with Gasteiger partial charge in [0.05, 0.1) is 5.69 Å². The Morgan fingerprint density at radius 2 is 1.75 bits per heavy atom. The summed E-state index contributed by atoms with van der Waals surface area (Å²) in [4.78, 5) is 10.5. The van der Waals surface area contributed by atoms with Crippen molar-refractivity contribution >= 4 is 12.2 Å². The predicted molar refractivity (Wildman–Crippen MR) is 88.6 cm³/mol. The Hall–Kier alpha value is -1.58. The quantitative estimate of drug-likeness (QED) is 0.624. The molecule has 0 radical (unpaired) electrons. The lowest BCUT2D eigenvalue weighted by molar-refractivity contribution is 0.541. The van der Waals surface area contributed by atoms with Crippen molar-refractivity contribution in [1.29, 1.82) is 0 Å². The Balaban J connectivity index is 0. The van der Waals surface area contributed by atoms with Gasteiger partial charge in [-0.05, 0) is 12.8 Å². The van der Waals surface area contributed by atoms with E-state index in [1.807, 2.05) is 27.7 Å². The fourth-order valence-corrected chi connectivity index (χ4v) is 1.65. The summed E-state index contributed by atoms with van der Waals surface area (Å²) in [7, 11) is 0. The Kier molecular flexibility index (Phi) is 12.9. The van der Waals surface area contributed by atoms with E-state index in [4.69, 9.17) is 5.73 Å². The molecule has 4 nitrogen and oxygen atoms in total. The predicted octanol–water partition coefficient (Wildman–Crippen LogP) is 4.02. The number of anilines is 1. The average Bonchev–Trinajstić information content (AvgIpc) is 2.80. The van der Waals surface area contributed by atoms with Crippen molar-refractivity contribution in [2.24, 2.45) is 0 Å². The Bertz CT molecular complexity index is 395. The zero-order valence-electron chi connectivity index (χ0n) is 14.0. The lowest BCUT2D eigenvalue weighted by Gasteiger charge is -2.11. The molecular weight excluding hydrogens is 250 g/mol. The summed E-state index contributed by atoms with van der Waals surface area (Å²) >= 11 is 0. The summed E-state index contributed by atoms with van der Waals surface area (Å²) in [5.74, 6) is 0.484. The van der Waals surface area contributed by atoms with Crippen molar-refractivity contribution in [3.05, 3.63) is 23.4 Å². The molecule has 2 N–H and O–H groups in total. The van der Waals surface area contributed by atoms with E-state index in [-0.39, 0.29) is 0 Å². The van der Waals surface area contributed by atoms with Crippen LogP contribution in [0.25, 0.3) is 0 Å². The third kappa shape index (κ3) is 6.04. The van der Waals surface area contributed by atoms with Crippen LogP contribution < -0.4 is 5.73 Å². The van der Waals surface area contributed by atoms with Crippen molar-refractivity contribution in [2.75, 3.05) is 5.73 Å². The molecule has 0 saturated carbocycles. The molecule has 0 amide bonds. The highest BCUT2D eigenvalue weighted by molar-refractivity contribution is 5.62. The van der Waals surface area contributed by atoms with E-state index >= 15 is 0 Å². The first-order chi connectivity index (χ1) is 9.63. The van der Waals surface area contributed by atoms with Gasteiger partial charge in [0.1, 0.15) is 5.82 Å². The number of nitrogen functional groups attached to an aromatic ring is 1. The summed E-state index contributed by atoms with van der Waals surface area (Å²) < 4.78 is 1.20. The number of nitrogens with two attached hydrogens (primary N) is 1. The fraction of sp³-hybridized carbons (Fsp3) is 0.625. The van der Waals surface area contributed by atoms with Gasteiger partial charge in [-0.25, -0.2) is 0 Å². The van der Waals surface area contributed by atoms with E-state index in [0.29, 0.717) is 12.2 Å². The average molecular weight is 281 g/mol. The van der Waals surface area contributed by atoms with E-state index in [1.54, 1.807) is 0 Å². The molecular formula is C16H31N3O. The number of hydrogen-bond acceptors (Lipinski definition) is 3. The molecule has 0 unspecified atom stereocenters.